The maximum Gasteiger partial charge on any atom is 0.252 e. The first-order valence-electron chi connectivity index (χ1n) is 7.79. The lowest BCUT2D eigenvalue weighted by molar-refractivity contribution is 0.100. The molecule has 1 aliphatic rings. The zero-order valence-corrected chi connectivity index (χ0v) is 13.1. The van der Waals surface area contributed by atoms with E-state index >= 15 is 0 Å². The molecule has 3 heterocycles. The van der Waals surface area contributed by atoms with Gasteiger partial charge in [-0.25, -0.2) is 4.98 Å². The van der Waals surface area contributed by atoms with Crippen molar-refractivity contribution in [2.24, 2.45) is 5.73 Å². The number of nitrogens with zero attached hydrogens (tertiary/aromatic N) is 4. The van der Waals surface area contributed by atoms with Crippen molar-refractivity contribution in [2.75, 3.05) is 23.3 Å². The molecular weight excluding hydrogens is 304 g/mol. The molecule has 0 radical (unpaired) electrons. The summed E-state index contributed by atoms with van der Waals surface area (Å²) in [5, 5.41) is 12.2. The summed E-state index contributed by atoms with van der Waals surface area (Å²) in [6, 6.07) is 7.76. The Morgan fingerprint density at radius 3 is 2.71 bits per heavy atom. The van der Waals surface area contributed by atoms with Crippen LogP contribution in [0, 0.1) is 11.3 Å². The molecule has 2 aromatic rings. The highest BCUT2D eigenvalue weighted by Crippen LogP contribution is 2.22. The van der Waals surface area contributed by atoms with Crippen molar-refractivity contribution in [2.45, 2.75) is 18.9 Å². The van der Waals surface area contributed by atoms with E-state index in [1.165, 1.54) is 6.20 Å². The Morgan fingerprint density at radius 2 is 2.08 bits per heavy atom. The average Bonchev–Trinajstić information content (AvgIpc) is 2.63. The summed E-state index contributed by atoms with van der Waals surface area (Å²) in [5.74, 6) is 0.402. The van der Waals surface area contributed by atoms with Crippen LogP contribution >= 0.6 is 0 Å². The first kappa shape index (κ1) is 15.7. The predicted molar refractivity (Wildman–Crippen MR) is 90.6 cm³/mol. The van der Waals surface area contributed by atoms with Crippen molar-refractivity contribution >= 4 is 17.4 Å². The molecule has 0 bridgehead atoms. The molecule has 1 aliphatic heterocycles. The molecule has 0 spiro atoms. The molecule has 0 aliphatic carbocycles. The van der Waals surface area contributed by atoms with E-state index in [2.05, 4.69) is 26.3 Å². The van der Waals surface area contributed by atoms with Gasteiger partial charge < -0.3 is 16.0 Å². The summed E-state index contributed by atoms with van der Waals surface area (Å²) in [4.78, 5) is 21.9. The number of primary amides is 1. The van der Waals surface area contributed by atoms with Crippen molar-refractivity contribution in [3.8, 4) is 6.07 Å². The Labute approximate surface area is 140 Å². The molecule has 24 heavy (non-hydrogen) atoms. The number of carbonyl (C=O) groups is 1. The fourth-order valence-corrected chi connectivity index (χ4v) is 2.83. The topological polar surface area (TPSA) is 108 Å². The lowest BCUT2D eigenvalue weighted by atomic mass is 10.0. The van der Waals surface area contributed by atoms with Crippen LogP contribution in [0.4, 0.5) is 11.5 Å². The largest absolute Gasteiger partial charge is 0.381 e. The predicted octanol–water partition coefficient (Wildman–Crippen LogP) is 1.53. The third-order valence-electron chi connectivity index (χ3n) is 4.14. The number of nitrogens with two attached hydrogens (primary N) is 1. The van der Waals surface area contributed by atoms with Gasteiger partial charge in [0.1, 0.15) is 11.9 Å². The van der Waals surface area contributed by atoms with Crippen LogP contribution in [0.25, 0.3) is 0 Å². The summed E-state index contributed by atoms with van der Waals surface area (Å²) < 4.78 is 0. The molecule has 1 saturated heterocycles. The van der Waals surface area contributed by atoms with Gasteiger partial charge >= 0.3 is 0 Å². The van der Waals surface area contributed by atoms with Crippen LogP contribution < -0.4 is 16.0 Å². The number of rotatable bonds is 4. The molecule has 1 fully saturated rings. The number of aromatic nitrogens is 2. The third kappa shape index (κ3) is 3.43. The standard InChI is InChI=1S/C17H18N6O/c18-9-12-1-2-16(21-10-12)23-7-4-13(5-8-23)22-15-3-6-20-11-14(15)17(19)24/h1-3,6,10-11,13H,4-5,7-8H2,(H2,19,24)(H,20,22). The number of amides is 1. The van der Waals surface area contributed by atoms with Gasteiger partial charge in [-0.3, -0.25) is 9.78 Å². The molecule has 122 valence electrons. The Kier molecular flexibility index (Phi) is 4.57. The number of nitrogens with one attached hydrogen (secondary N) is 1. The maximum atomic E-state index is 11.5. The zero-order valence-electron chi connectivity index (χ0n) is 13.1. The number of pyridine rings is 2. The third-order valence-corrected chi connectivity index (χ3v) is 4.14. The van der Waals surface area contributed by atoms with Gasteiger partial charge in [0, 0.05) is 37.7 Å². The van der Waals surface area contributed by atoms with Gasteiger partial charge in [0.2, 0.25) is 0 Å². The highest BCUT2D eigenvalue weighted by Gasteiger charge is 2.21. The molecule has 0 saturated carbocycles. The van der Waals surface area contributed by atoms with Crippen LogP contribution in [0.1, 0.15) is 28.8 Å². The number of nitriles is 1. The molecule has 0 atom stereocenters. The van der Waals surface area contributed by atoms with Crippen molar-refractivity contribution in [3.05, 3.63) is 47.9 Å². The Hall–Kier alpha value is -3.14. The summed E-state index contributed by atoms with van der Waals surface area (Å²) in [5.41, 5.74) is 7.09. The minimum absolute atomic E-state index is 0.264. The van der Waals surface area contributed by atoms with Crippen LogP contribution in [-0.2, 0) is 0 Å². The maximum absolute atomic E-state index is 11.5. The second-order valence-electron chi connectivity index (χ2n) is 5.71. The van der Waals surface area contributed by atoms with Gasteiger partial charge in [-0.15, -0.1) is 0 Å². The van der Waals surface area contributed by atoms with E-state index < -0.39 is 5.91 Å². The van der Waals surface area contributed by atoms with Gasteiger partial charge in [-0.1, -0.05) is 0 Å². The number of piperidine rings is 1. The first-order valence-corrected chi connectivity index (χ1v) is 7.79. The van der Waals surface area contributed by atoms with Gasteiger partial charge in [0.05, 0.1) is 16.8 Å². The summed E-state index contributed by atoms with van der Waals surface area (Å²) in [7, 11) is 0. The van der Waals surface area contributed by atoms with E-state index in [4.69, 9.17) is 11.0 Å². The second-order valence-corrected chi connectivity index (χ2v) is 5.71. The van der Waals surface area contributed by atoms with Crippen molar-refractivity contribution in [3.63, 3.8) is 0 Å². The van der Waals surface area contributed by atoms with E-state index in [9.17, 15) is 4.79 Å². The molecule has 0 unspecified atom stereocenters. The minimum atomic E-state index is -0.482. The van der Waals surface area contributed by atoms with Crippen LogP contribution in [0.5, 0.6) is 0 Å². The van der Waals surface area contributed by atoms with E-state index in [-0.39, 0.29) is 6.04 Å². The molecule has 1 amide bonds. The summed E-state index contributed by atoms with van der Waals surface area (Å²) in [6.45, 7) is 1.71. The van der Waals surface area contributed by atoms with Gasteiger partial charge in [0.15, 0.2) is 0 Å². The molecule has 2 aromatic heterocycles. The van der Waals surface area contributed by atoms with E-state index in [0.717, 1.165) is 37.4 Å². The van der Waals surface area contributed by atoms with Crippen LogP contribution in [0.15, 0.2) is 36.8 Å². The zero-order chi connectivity index (χ0) is 16.9. The fraction of sp³-hybridized carbons (Fsp3) is 0.294. The van der Waals surface area contributed by atoms with Crippen molar-refractivity contribution in [1.29, 1.82) is 5.26 Å². The Morgan fingerprint density at radius 1 is 1.29 bits per heavy atom. The molecule has 0 aromatic carbocycles. The van der Waals surface area contributed by atoms with Crippen molar-refractivity contribution in [1.82, 2.24) is 9.97 Å². The quantitative estimate of drug-likeness (QED) is 0.883. The Balaban J connectivity index is 1.61. The molecule has 3 N–H and O–H groups in total. The van der Waals surface area contributed by atoms with E-state index in [1.807, 2.05) is 6.07 Å². The highest BCUT2D eigenvalue weighted by molar-refractivity contribution is 5.98. The minimum Gasteiger partial charge on any atom is -0.381 e. The average molecular weight is 322 g/mol. The monoisotopic (exact) mass is 322 g/mol. The molecule has 7 heteroatoms. The number of hydrogen-bond donors (Lipinski definition) is 2. The fourth-order valence-electron chi connectivity index (χ4n) is 2.83. The molecular formula is C17H18N6O. The Bertz CT molecular complexity index is 759. The number of anilines is 2. The normalized spacial score (nSPS) is 14.9. The summed E-state index contributed by atoms with van der Waals surface area (Å²) >= 11 is 0. The van der Waals surface area contributed by atoms with Gasteiger partial charge in [0.25, 0.3) is 5.91 Å². The van der Waals surface area contributed by atoms with Gasteiger partial charge in [-0.2, -0.15) is 5.26 Å². The highest BCUT2D eigenvalue weighted by atomic mass is 16.1. The second kappa shape index (κ2) is 6.96. The molecule has 7 nitrogen and oxygen atoms in total. The summed E-state index contributed by atoms with van der Waals surface area (Å²) in [6.07, 6.45) is 6.56. The number of carbonyl (C=O) groups excluding carboxylic acids is 1. The van der Waals surface area contributed by atoms with Crippen LogP contribution in [0.2, 0.25) is 0 Å². The first-order chi connectivity index (χ1) is 11.7. The lowest BCUT2D eigenvalue weighted by Crippen LogP contribution is -2.39. The SMILES string of the molecule is N#Cc1ccc(N2CCC(Nc3ccncc3C(N)=O)CC2)nc1. The van der Waals surface area contributed by atoms with Crippen molar-refractivity contribution < 1.29 is 4.79 Å². The smallest absolute Gasteiger partial charge is 0.252 e. The van der Waals surface area contributed by atoms with E-state index in [1.54, 1.807) is 24.5 Å². The lowest BCUT2D eigenvalue weighted by Gasteiger charge is -2.33. The van der Waals surface area contributed by atoms with Gasteiger partial charge in [-0.05, 0) is 31.0 Å². The van der Waals surface area contributed by atoms with Crippen LogP contribution in [0.3, 0.4) is 0 Å². The van der Waals surface area contributed by atoms with E-state index in [0.29, 0.717) is 11.1 Å². The molecule has 3 rings (SSSR count). The number of hydrogen-bond acceptors (Lipinski definition) is 6. The van der Waals surface area contributed by atoms with Crippen LogP contribution in [-0.4, -0.2) is 35.0 Å².